The molecule has 0 spiro atoms. The zero-order chi connectivity index (χ0) is 22.9. The Morgan fingerprint density at radius 2 is 1.97 bits per heavy atom. The van der Waals surface area contributed by atoms with Crippen molar-refractivity contribution in [2.75, 3.05) is 0 Å². The first-order chi connectivity index (χ1) is 15.4. The molecule has 4 rings (SSSR count). The standard InChI is InChI=1S/C25H30N4O3/c1-3-25(4-2)14-21(31)29(24(26)28-25)15-16-8-7-10-18(12-16)23(32)27-22-19-11-6-5-9-17(19)13-20(22)30/h5-12,20,22,30H,3-4,13-15H2,1-2H3,(H2,26,28)(H,27,32)/t20-,22-/m1/s1. The quantitative estimate of drug-likeness (QED) is 0.561. The van der Waals surface area contributed by atoms with E-state index in [9.17, 15) is 14.7 Å². The number of fused-ring (bicyclic) bond motifs is 1. The Morgan fingerprint density at radius 1 is 1.22 bits per heavy atom. The number of guanidine groups is 1. The number of benzene rings is 2. The third-order valence-corrected chi connectivity index (χ3v) is 6.82. The summed E-state index contributed by atoms with van der Waals surface area (Å²) in [6.07, 6.45) is 1.76. The number of carbonyl (C=O) groups excluding carboxylic acids is 2. The lowest BCUT2D eigenvalue weighted by molar-refractivity contribution is -0.131. The van der Waals surface area contributed by atoms with E-state index in [2.05, 4.69) is 10.6 Å². The Labute approximate surface area is 188 Å². The average molecular weight is 435 g/mol. The number of nitrogens with zero attached hydrogens (tertiary/aromatic N) is 1. The van der Waals surface area contributed by atoms with Gasteiger partial charge in [-0.25, -0.2) is 0 Å². The third kappa shape index (κ3) is 4.12. The summed E-state index contributed by atoms with van der Waals surface area (Å²) in [7, 11) is 0. The molecule has 0 bridgehead atoms. The predicted molar refractivity (Wildman–Crippen MR) is 122 cm³/mol. The van der Waals surface area contributed by atoms with Gasteiger partial charge >= 0.3 is 0 Å². The minimum atomic E-state index is -0.658. The molecule has 1 aliphatic heterocycles. The number of amides is 2. The van der Waals surface area contributed by atoms with E-state index >= 15 is 0 Å². The number of rotatable bonds is 6. The van der Waals surface area contributed by atoms with Crippen LogP contribution in [0.25, 0.3) is 0 Å². The molecule has 0 radical (unpaired) electrons. The predicted octanol–water partition coefficient (Wildman–Crippen LogP) is 2.89. The zero-order valence-electron chi connectivity index (χ0n) is 18.5. The second-order valence-electron chi connectivity index (χ2n) is 8.74. The van der Waals surface area contributed by atoms with Gasteiger partial charge in [-0.1, -0.05) is 50.2 Å². The van der Waals surface area contributed by atoms with Crippen molar-refractivity contribution in [1.82, 2.24) is 15.5 Å². The number of aliphatic hydroxyl groups excluding tert-OH is 1. The monoisotopic (exact) mass is 434 g/mol. The Balaban J connectivity index is 1.47. The largest absolute Gasteiger partial charge is 0.390 e. The van der Waals surface area contributed by atoms with E-state index in [1.807, 2.05) is 44.2 Å². The highest BCUT2D eigenvalue weighted by molar-refractivity contribution is 5.99. The van der Waals surface area contributed by atoms with Gasteiger partial charge in [-0.15, -0.1) is 0 Å². The molecule has 7 heteroatoms. The summed E-state index contributed by atoms with van der Waals surface area (Å²) in [5.74, 6) is -0.259. The van der Waals surface area contributed by atoms with Crippen molar-refractivity contribution >= 4 is 17.8 Å². The maximum absolute atomic E-state index is 12.9. The second-order valence-corrected chi connectivity index (χ2v) is 8.74. The lowest BCUT2D eigenvalue weighted by Gasteiger charge is -2.42. The van der Waals surface area contributed by atoms with Crippen LogP contribution in [-0.4, -0.2) is 39.4 Å². The smallest absolute Gasteiger partial charge is 0.251 e. The van der Waals surface area contributed by atoms with E-state index in [1.165, 1.54) is 4.90 Å². The van der Waals surface area contributed by atoms with Crippen molar-refractivity contribution in [3.8, 4) is 0 Å². The van der Waals surface area contributed by atoms with E-state index in [0.29, 0.717) is 18.4 Å². The van der Waals surface area contributed by atoms with Crippen molar-refractivity contribution in [3.05, 3.63) is 70.8 Å². The first-order valence-electron chi connectivity index (χ1n) is 11.2. The van der Waals surface area contributed by atoms with Crippen molar-refractivity contribution in [2.24, 2.45) is 0 Å². The molecule has 0 aromatic heterocycles. The van der Waals surface area contributed by atoms with Gasteiger partial charge in [0.1, 0.15) is 0 Å². The summed E-state index contributed by atoms with van der Waals surface area (Å²) in [6.45, 7) is 4.27. The van der Waals surface area contributed by atoms with Crippen molar-refractivity contribution in [3.63, 3.8) is 0 Å². The molecule has 1 aliphatic carbocycles. The van der Waals surface area contributed by atoms with Crippen molar-refractivity contribution in [2.45, 2.75) is 63.8 Å². The van der Waals surface area contributed by atoms with Crippen LogP contribution in [0.4, 0.5) is 0 Å². The molecule has 2 amide bonds. The molecule has 2 atom stereocenters. The molecular formula is C25H30N4O3. The van der Waals surface area contributed by atoms with Gasteiger partial charge in [0.2, 0.25) is 5.91 Å². The molecule has 0 unspecified atom stereocenters. The van der Waals surface area contributed by atoms with Gasteiger partial charge in [0, 0.05) is 17.5 Å². The second kappa shape index (κ2) is 8.74. The minimum Gasteiger partial charge on any atom is -0.390 e. The first-order valence-corrected chi connectivity index (χ1v) is 11.2. The van der Waals surface area contributed by atoms with Crippen LogP contribution in [0.2, 0.25) is 0 Å². The van der Waals surface area contributed by atoms with E-state index in [1.54, 1.807) is 18.2 Å². The molecule has 4 N–H and O–H groups in total. The van der Waals surface area contributed by atoms with Crippen LogP contribution in [-0.2, 0) is 17.8 Å². The molecule has 2 aromatic carbocycles. The van der Waals surface area contributed by atoms with Gasteiger partial charge in [-0.2, -0.15) is 0 Å². The van der Waals surface area contributed by atoms with Gasteiger partial charge in [-0.3, -0.25) is 19.9 Å². The van der Waals surface area contributed by atoms with E-state index < -0.39 is 12.1 Å². The summed E-state index contributed by atoms with van der Waals surface area (Å²) < 4.78 is 0. The maximum atomic E-state index is 12.9. The highest BCUT2D eigenvalue weighted by Gasteiger charge is 2.39. The fraction of sp³-hybridized carbons (Fsp3) is 0.400. The highest BCUT2D eigenvalue weighted by Crippen LogP contribution is 2.31. The van der Waals surface area contributed by atoms with E-state index in [4.69, 9.17) is 5.41 Å². The fourth-order valence-electron chi connectivity index (χ4n) is 4.68. The number of hydrogen-bond acceptors (Lipinski definition) is 4. The van der Waals surface area contributed by atoms with Crippen LogP contribution >= 0.6 is 0 Å². The van der Waals surface area contributed by atoms with Gasteiger partial charge < -0.3 is 15.7 Å². The number of hydrogen-bond donors (Lipinski definition) is 4. The lowest BCUT2D eigenvalue weighted by atomic mass is 9.87. The summed E-state index contributed by atoms with van der Waals surface area (Å²) in [6, 6.07) is 14.4. The minimum absolute atomic E-state index is 0.0852. The Morgan fingerprint density at radius 3 is 2.69 bits per heavy atom. The van der Waals surface area contributed by atoms with Gasteiger partial charge in [0.25, 0.3) is 5.91 Å². The zero-order valence-corrected chi connectivity index (χ0v) is 18.5. The SMILES string of the molecule is CCC1(CC)CC(=O)N(Cc2cccc(C(=O)N[C@@H]3c4ccccc4C[C@H]3O)c2)C(=N)N1. The Hall–Kier alpha value is -3.19. The lowest BCUT2D eigenvalue weighted by Crippen LogP contribution is -2.61. The van der Waals surface area contributed by atoms with Crippen molar-refractivity contribution in [1.29, 1.82) is 5.41 Å². The molecule has 0 saturated carbocycles. The summed E-state index contributed by atoms with van der Waals surface area (Å²) >= 11 is 0. The molecule has 7 nitrogen and oxygen atoms in total. The topological polar surface area (TPSA) is 106 Å². The van der Waals surface area contributed by atoms with Crippen LogP contribution in [0.3, 0.4) is 0 Å². The molecule has 32 heavy (non-hydrogen) atoms. The first kappa shape index (κ1) is 22.0. The van der Waals surface area contributed by atoms with Crippen LogP contribution in [0.15, 0.2) is 48.5 Å². The van der Waals surface area contributed by atoms with E-state index in [-0.39, 0.29) is 29.9 Å². The van der Waals surface area contributed by atoms with Crippen LogP contribution in [0, 0.1) is 5.41 Å². The molecule has 1 saturated heterocycles. The Bertz CT molecular complexity index is 1030. The van der Waals surface area contributed by atoms with E-state index in [0.717, 1.165) is 29.5 Å². The molecule has 168 valence electrons. The maximum Gasteiger partial charge on any atom is 0.251 e. The van der Waals surface area contributed by atoms with Crippen LogP contribution < -0.4 is 10.6 Å². The summed E-state index contributed by atoms with van der Waals surface area (Å²) in [5.41, 5.74) is 2.86. The van der Waals surface area contributed by atoms with Gasteiger partial charge in [0.05, 0.1) is 25.1 Å². The van der Waals surface area contributed by atoms with Crippen molar-refractivity contribution < 1.29 is 14.7 Å². The average Bonchev–Trinajstić information content (AvgIpc) is 3.11. The molecule has 1 heterocycles. The highest BCUT2D eigenvalue weighted by atomic mass is 16.3. The van der Waals surface area contributed by atoms with Gasteiger partial charge in [0.15, 0.2) is 5.96 Å². The number of aliphatic hydroxyl groups is 1. The van der Waals surface area contributed by atoms with Gasteiger partial charge in [-0.05, 0) is 41.7 Å². The molecular weight excluding hydrogens is 404 g/mol. The van der Waals surface area contributed by atoms with Crippen LogP contribution in [0.5, 0.6) is 0 Å². The molecule has 2 aliphatic rings. The summed E-state index contributed by atoms with van der Waals surface area (Å²) in [4.78, 5) is 27.1. The third-order valence-electron chi connectivity index (χ3n) is 6.82. The summed E-state index contributed by atoms with van der Waals surface area (Å²) in [5, 5.41) is 24.9. The molecule has 1 fully saturated rings. The number of carbonyl (C=O) groups is 2. The fourth-order valence-corrected chi connectivity index (χ4v) is 4.68. The molecule has 2 aromatic rings. The Kier molecular flexibility index (Phi) is 6.02. The normalized spacial score (nSPS) is 21.8. The number of nitrogens with one attached hydrogen (secondary N) is 3. The van der Waals surface area contributed by atoms with Crippen LogP contribution in [0.1, 0.15) is 66.2 Å².